The summed E-state index contributed by atoms with van der Waals surface area (Å²) in [6.07, 6.45) is 3.11. The van der Waals surface area contributed by atoms with Gasteiger partial charge in [-0.1, -0.05) is 30.7 Å². The molecule has 2 aliphatic rings. The lowest BCUT2D eigenvalue weighted by Crippen LogP contribution is -2.29. The van der Waals surface area contributed by atoms with E-state index in [1.54, 1.807) is 11.8 Å². The number of carbonyl (C=O) groups excluding carboxylic acids is 2. The quantitative estimate of drug-likeness (QED) is 0.866. The Morgan fingerprint density at radius 2 is 1.96 bits per heavy atom. The Labute approximate surface area is 158 Å². The topological polar surface area (TPSA) is 49.4 Å². The number of nitrogens with one attached hydrogen (secondary N) is 1. The number of hydrogen-bond donors (Lipinski definition) is 1. The Morgan fingerprint density at radius 3 is 2.69 bits per heavy atom. The van der Waals surface area contributed by atoms with Gasteiger partial charge in [-0.25, -0.2) is 0 Å². The van der Waals surface area contributed by atoms with Crippen LogP contribution in [-0.2, 0) is 9.59 Å². The highest BCUT2D eigenvalue weighted by molar-refractivity contribution is 8.00. The second kappa shape index (κ2) is 7.16. The summed E-state index contributed by atoms with van der Waals surface area (Å²) >= 11 is 1.63. The first-order valence-electron chi connectivity index (χ1n) is 9.03. The lowest BCUT2D eigenvalue weighted by molar-refractivity contribution is -0.122. The zero-order valence-corrected chi connectivity index (χ0v) is 15.6. The Kier molecular flexibility index (Phi) is 4.72. The van der Waals surface area contributed by atoms with E-state index in [1.807, 2.05) is 60.4 Å². The van der Waals surface area contributed by atoms with Crippen LogP contribution in [0.1, 0.15) is 35.8 Å². The summed E-state index contributed by atoms with van der Waals surface area (Å²) in [5, 5.41) is 2.97. The lowest BCUT2D eigenvalue weighted by atomic mass is 9.85. The van der Waals surface area contributed by atoms with Gasteiger partial charge in [-0.3, -0.25) is 14.5 Å². The fourth-order valence-corrected chi connectivity index (χ4v) is 4.58. The Bertz CT molecular complexity index is 847. The van der Waals surface area contributed by atoms with Crippen molar-refractivity contribution in [1.82, 2.24) is 0 Å². The van der Waals surface area contributed by atoms with Crippen LogP contribution in [0.3, 0.4) is 0 Å². The van der Waals surface area contributed by atoms with E-state index >= 15 is 0 Å². The molecule has 0 spiro atoms. The van der Waals surface area contributed by atoms with Gasteiger partial charge in [0, 0.05) is 17.3 Å². The zero-order valence-electron chi connectivity index (χ0n) is 14.8. The van der Waals surface area contributed by atoms with Crippen LogP contribution >= 0.6 is 11.8 Å². The molecule has 0 bridgehead atoms. The monoisotopic (exact) mass is 366 g/mol. The lowest BCUT2D eigenvalue weighted by Gasteiger charge is -2.26. The van der Waals surface area contributed by atoms with Gasteiger partial charge in [-0.15, -0.1) is 11.8 Å². The summed E-state index contributed by atoms with van der Waals surface area (Å²) in [5.41, 5.74) is 3.90. The van der Waals surface area contributed by atoms with Crippen molar-refractivity contribution in [3.63, 3.8) is 0 Å². The highest BCUT2D eigenvalue weighted by Gasteiger charge is 2.34. The number of rotatable bonds is 4. The van der Waals surface area contributed by atoms with Gasteiger partial charge >= 0.3 is 0 Å². The molecule has 5 heteroatoms. The van der Waals surface area contributed by atoms with Gasteiger partial charge in [0.15, 0.2) is 0 Å². The summed E-state index contributed by atoms with van der Waals surface area (Å²) in [5.74, 6) is 0.857. The average molecular weight is 366 g/mol. The normalized spacial score (nSPS) is 20.1. The number of thioether (sulfide) groups is 1. The Hall–Kier alpha value is -2.27. The van der Waals surface area contributed by atoms with Gasteiger partial charge in [0.1, 0.15) is 5.37 Å². The highest BCUT2D eigenvalue weighted by Crippen LogP contribution is 2.42. The van der Waals surface area contributed by atoms with Crippen molar-refractivity contribution >= 4 is 35.0 Å². The number of benzene rings is 2. The van der Waals surface area contributed by atoms with Crippen LogP contribution in [0.5, 0.6) is 0 Å². The van der Waals surface area contributed by atoms with Crippen molar-refractivity contribution in [3.8, 4) is 0 Å². The molecule has 2 amide bonds. The van der Waals surface area contributed by atoms with Crippen molar-refractivity contribution in [2.24, 2.45) is 5.92 Å². The standard InChI is InChI=1S/C21H22N2O2S/c1-14-5-2-10-18(11-14)23-19(24)13-26-21(23)16-8-4-9-17(12-16)22-20(25)15-6-3-7-15/h2,4-5,8-12,15,21H,3,6-7,13H2,1H3,(H,22,25). The van der Waals surface area contributed by atoms with Crippen molar-refractivity contribution in [1.29, 1.82) is 0 Å². The van der Waals surface area contributed by atoms with Gasteiger partial charge in [-0.2, -0.15) is 0 Å². The van der Waals surface area contributed by atoms with E-state index in [9.17, 15) is 9.59 Å². The van der Waals surface area contributed by atoms with Crippen molar-refractivity contribution < 1.29 is 9.59 Å². The minimum Gasteiger partial charge on any atom is -0.326 e. The summed E-state index contributed by atoms with van der Waals surface area (Å²) in [6, 6.07) is 15.9. The molecule has 1 N–H and O–H groups in total. The number of aryl methyl sites for hydroxylation is 1. The van der Waals surface area contributed by atoms with Crippen LogP contribution in [0.25, 0.3) is 0 Å². The van der Waals surface area contributed by atoms with E-state index < -0.39 is 0 Å². The van der Waals surface area contributed by atoms with Crippen LogP contribution in [0, 0.1) is 12.8 Å². The van der Waals surface area contributed by atoms with E-state index in [0.717, 1.165) is 41.8 Å². The summed E-state index contributed by atoms with van der Waals surface area (Å²) < 4.78 is 0. The molecule has 1 unspecified atom stereocenters. The second-order valence-electron chi connectivity index (χ2n) is 7.01. The predicted octanol–water partition coefficient (Wildman–Crippen LogP) is 4.51. The second-order valence-corrected chi connectivity index (χ2v) is 8.08. The number of nitrogens with zero attached hydrogens (tertiary/aromatic N) is 1. The van der Waals surface area contributed by atoms with Crippen LogP contribution in [-0.4, -0.2) is 17.6 Å². The molecule has 2 fully saturated rings. The van der Waals surface area contributed by atoms with E-state index in [2.05, 4.69) is 5.32 Å². The average Bonchev–Trinajstić information content (AvgIpc) is 2.95. The molecule has 0 aromatic heterocycles. The van der Waals surface area contributed by atoms with Crippen LogP contribution in [0.4, 0.5) is 11.4 Å². The molecule has 1 saturated heterocycles. The summed E-state index contributed by atoms with van der Waals surface area (Å²) in [4.78, 5) is 26.6. The van der Waals surface area contributed by atoms with Crippen molar-refractivity contribution in [3.05, 3.63) is 59.7 Å². The van der Waals surface area contributed by atoms with E-state index in [-0.39, 0.29) is 23.1 Å². The highest BCUT2D eigenvalue weighted by atomic mass is 32.2. The smallest absolute Gasteiger partial charge is 0.238 e. The Balaban J connectivity index is 1.58. The number of hydrogen-bond acceptors (Lipinski definition) is 3. The van der Waals surface area contributed by atoms with Crippen molar-refractivity contribution in [2.75, 3.05) is 16.0 Å². The maximum atomic E-state index is 12.5. The first-order valence-corrected chi connectivity index (χ1v) is 10.1. The van der Waals surface area contributed by atoms with E-state index in [4.69, 9.17) is 0 Å². The molecule has 2 aromatic rings. The third-order valence-electron chi connectivity index (χ3n) is 5.06. The Morgan fingerprint density at radius 1 is 1.15 bits per heavy atom. The summed E-state index contributed by atoms with van der Waals surface area (Å²) in [6.45, 7) is 2.03. The molecule has 134 valence electrons. The molecule has 0 radical (unpaired) electrons. The molecule has 1 saturated carbocycles. The largest absolute Gasteiger partial charge is 0.326 e. The van der Waals surface area contributed by atoms with Crippen molar-refractivity contribution in [2.45, 2.75) is 31.6 Å². The molecule has 1 heterocycles. The van der Waals surface area contributed by atoms with Gasteiger partial charge in [-0.05, 0) is 55.2 Å². The van der Waals surface area contributed by atoms with Crippen LogP contribution < -0.4 is 10.2 Å². The molecule has 2 aromatic carbocycles. The molecular weight excluding hydrogens is 344 g/mol. The number of amides is 2. The SMILES string of the molecule is Cc1cccc(N2C(=O)CSC2c2cccc(NC(=O)C3CCC3)c2)c1. The maximum absolute atomic E-state index is 12.5. The number of anilines is 2. The van der Waals surface area contributed by atoms with Crippen LogP contribution in [0.2, 0.25) is 0 Å². The van der Waals surface area contributed by atoms with E-state index in [0.29, 0.717) is 5.75 Å². The molecule has 1 atom stereocenters. The first kappa shape index (κ1) is 17.2. The fraction of sp³-hybridized carbons (Fsp3) is 0.333. The first-order chi connectivity index (χ1) is 12.6. The molecular formula is C21H22N2O2S. The number of carbonyl (C=O) groups is 2. The third-order valence-corrected chi connectivity index (χ3v) is 6.28. The zero-order chi connectivity index (χ0) is 18.1. The molecule has 1 aliphatic heterocycles. The van der Waals surface area contributed by atoms with Gasteiger partial charge < -0.3 is 5.32 Å². The fourth-order valence-electron chi connectivity index (χ4n) is 3.41. The maximum Gasteiger partial charge on any atom is 0.238 e. The predicted molar refractivity (Wildman–Crippen MR) is 106 cm³/mol. The van der Waals surface area contributed by atoms with Gasteiger partial charge in [0.05, 0.1) is 5.75 Å². The van der Waals surface area contributed by atoms with Gasteiger partial charge in [0.25, 0.3) is 0 Å². The van der Waals surface area contributed by atoms with E-state index in [1.165, 1.54) is 0 Å². The minimum absolute atomic E-state index is 0.0649. The minimum atomic E-state index is -0.0649. The summed E-state index contributed by atoms with van der Waals surface area (Å²) in [7, 11) is 0. The molecule has 4 rings (SSSR count). The van der Waals surface area contributed by atoms with Crippen LogP contribution in [0.15, 0.2) is 48.5 Å². The third kappa shape index (κ3) is 3.36. The molecule has 4 nitrogen and oxygen atoms in total. The molecule has 26 heavy (non-hydrogen) atoms. The molecule has 1 aliphatic carbocycles. The van der Waals surface area contributed by atoms with Gasteiger partial charge in [0.2, 0.25) is 11.8 Å².